The molecule has 1 saturated carbocycles. The molecule has 3 nitrogen and oxygen atoms in total. The quantitative estimate of drug-likeness (QED) is 0.919. The summed E-state index contributed by atoms with van der Waals surface area (Å²) >= 11 is 0. The fourth-order valence-corrected chi connectivity index (χ4v) is 2.87. The van der Waals surface area contributed by atoms with Crippen molar-refractivity contribution in [1.29, 1.82) is 0 Å². The van der Waals surface area contributed by atoms with Crippen LogP contribution in [0.15, 0.2) is 6.07 Å². The van der Waals surface area contributed by atoms with Crippen LogP contribution in [0.3, 0.4) is 0 Å². The van der Waals surface area contributed by atoms with E-state index in [-0.39, 0.29) is 10.9 Å². The highest BCUT2D eigenvalue weighted by molar-refractivity contribution is 5.95. The average molecular weight is 290 g/mol. The van der Waals surface area contributed by atoms with Crippen LogP contribution in [0.4, 0.5) is 14.5 Å². The molecule has 1 aromatic heterocycles. The second-order valence-corrected chi connectivity index (χ2v) is 5.85. The van der Waals surface area contributed by atoms with Gasteiger partial charge in [0.25, 0.3) is 0 Å². The Kier molecular flexibility index (Phi) is 2.85. The molecule has 2 aliphatic rings. The molecule has 4 rings (SSSR count). The molecular formula is C16H16F2N2O. The van der Waals surface area contributed by atoms with Gasteiger partial charge in [-0.15, -0.1) is 0 Å². The van der Waals surface area contributed by atoms with Crippen LogP contribution in [0.25, 0.3) is 10.9 Å². The molecule has 1 fully saturated rings. The Balaban J connectivity index is 2.06. The van der Waals surface area contributed by atoms with E-state index in [0.29, 0.717) is 36.9 Å². The number of anilines is 1. The van der Waals surface area contributed by atoms with Gasteiger partial charge in [-0.3, -0.25) is 0 Å². The normalized spacial score (nSPS) is 17.9. The van der Waals surface area contributed by atoms with Crippen LogP contribution in [0.1, 0.15) is 29.7 Å². The number of aryl methyl sites for hydroxylation is 1. The summed E-state index contributed by atoms with van der Waals surface area (Å²) in [6.07, 6.45) is 2.77. The van der Waals surface area contributed by atoms with Gasteiger partial charge in [-0.2, -0.15) is 0 Å². The first-order valence-electron chi connectivity index (χ1n) is 7.29. The van der Waals surface area contributed by atoms with Crippen molar-refractivity contribution in [1.82, 2.24) is 4.98 Å². The van der Waals surface area contributed by atoms with E-state index in [4.69, 9.17) is 4.74 Å². The first-order chi connectivity index (χ1) is 10.1. The zero-order chi connectivity index (χ0) is 14.6. The van der Waals surface area contributed by atoms with E-state index >= 15 is 0 Å². The number of nitrogens with one attached hydrogen (secondary N) is 1. The van der Waals surface area contributed by atoms with E-state index < -0.39 is 11.6 Å². The molecular weight excluding hydrogens is 274 g/mol. The van der Waals surface area contributed by atoms with Gasteiger partial charge in [0.15, 0.2) is 0 Å². The van der Waals surface area contributed by atoms with Crippen molar-refractivity contribution in [3.05, 3.63) is 34.5 Å². The van der Waals surface area contributed by atoms with Crippen LogP contribution in [-0.2, 0) is 17.8 Å². The van der Waals surface area contributed by atoms with E-state index in [2.05, 4.69) is 10.3 Å². The number of halogens is 2. The van der Waals surface area contributed by atoms with Crippen LogP contribution in [0.5, 0.6) is 0 Å². The molecule has 1 aliphatic carbocycles. The minimum absolute atomic E-state index is 0.127. The number of ether oxygens (including phenoxy) is 1. The van der Waals surface area contributed by atoms with Crippen LogP contribution < -0.4 is 5.32 Å². The smallest absolute Gasteiger partial charge is 0.149 e. The topological polar surface area (TPSA) is 34.2 Å². The maximum absolute atomic E-state index is 14.6. The number of pyridine rings is 1. The molecule has 0 atom stereocenters. The van der Waals surface area contributed by atoms with E-state index in [1.54, 1.807) is 6.92 Å². The van der Waals surface area contributed by atoms with Crippen molar-refractivity contribution < 1.29 is 13.5 Å². The largest absolute Gasteiger partial charge is 0.381 e. The number of benzene rings is 1. The van der Waals surface area contributed by atoms with Gasteiger partial charge in [0.2, 0.25) is 0 Å². The lowest BCUT2D eigenvalue weighted by atomic mass is 10.0. The highest BCUT2D eigenvalue weighted by atomic mass is 19.1. The molecule has 0 unspecified atom stereocenters. The van der Waals surface area contributed by atoms with Crippen LogP contribution in [0.2, 0.25) is 0 Å². The second kappa shape index (κ2) is 4.63. The summed E-state index contributed by atoms with van der Waals surface area (Å²) in [5, 5.41) is 3.62. The van der Waals surface area contributed by atoms with Crippen LogP contribution in [0, 0.1) is 18.6 Å². The maximum Gasteiger partial charge on any atom is 0.149 e. The van der Waals surface area contributed by atoms with Crippen molar-refractivity contribution in [2.24, 2.45) is 0 Å². The Bertz CT molecular complexity index is 741. The number of nitrogens with zero attached hydrogens (tertiary/aromatic N) is 1. The molecule has 0 radical (unpaired) electrons. The summed E-state index contributed by atoms with van der Waals surface area (Å²) in [5.41, 5.74) is 2.81. The lowest BCUT2D eigenvalue weighted by Crippen LogP contribution is -2.17. The van der Waals surface area contributed by atoms with Crippen molar-refractivity contribution >= 4 is 16.6 Å². The van der Waals surface area contributed by atoms with Crippen molar-refractivity contribution in [3.63, 3.8) is 0 Å². The molecule has 1 aromatic carbocycles. The van der Waals surface area contributed by atoms with Crippen molar-refractivity contribution in [2.45, 2.75) is 38.8 Å². The summed E-state index contributed by atoms with van der Waals surface area (Å²) in [5.74, 6) is -0.854. The van der Waals surface area contributed by atoms with Crippen LogP contribution in [-0.4, -0.2) is 17.6 Å². The summed E-state index contributed by atoms with van der Waals surface area (Å²) in [7, 11) is 0. The molecule has 0 saturated heterocycles. The van der Waals surface area contributed by atoms with Crippen LogP contribution >= 0.6 is 0 Å². The molecule has 110 valence electrons. The van der Waals surface area contributed by atoms with Crippen molar-refractivity contribution in [3.8, 4) is 0 Å². The molecule has 0 amide bonds. The van der Waals surface area contributed by atoms with E-state index in [9.17, 15) is 8.78 Å². The minimum atomic E-state index is -0.461. The Morgan fingerprint density at radius 3 is 2.90 bits per heavy atom. The molecule has 2 heterocycles. The summed E-state index contributed by atoms with van der Waals surface area (Å²) in [6.45, 7) is 2.56. The van der Waals surface area contributed by atoms with Gasteiger partial charge in [-0.1, -0.05) is 0 Å². The molecule has 1 aliphatic heterocycles. The molecule has 1 N–H and O–H groups in total. The minimum Gasteiger partial charge on any atom is -0.381 e. The Labute approximate surface area is 121 Å². The van der Waals surface area contributed by atoms with Gasteiger partial charge in [0.05, 0.1) is 30.0 Å². The predicted molar refractivity (Wildman–Crippen MR) is 76.4 cm³/mol. The number of hydrogen-bond donors (Lipinski definition) is 1. The Morgan fingerprint density at radius 2 is 2.14 bits per heavy atom. The predicted octanol–water partition coefficient (Wildman–Crippen LogP) is 3.47. The van der Waals surface area contributed by atoms with Gasteiger partial charge < -0.3 is 10.1 Å². The highest BCUT2D eigenvalue weighted by Crippen LogP contribution is 2.38. The average Bonchev–Trinajstić information content (AvgIpc) is 3.28. The number of fused-ring (bicyclic) bond motifs is 2. The summed E-state index contributed by atoms with van der Waals surface area (Å²) in [4.78, 5) is 4.37. The van der Waals surface area contributed by atoms with Gasteiger partial charge >= 0.3 is 0 Å². The lowest BCUT2D eigenvalue weighted by Gasteiger charge is -2.22. The lowest BCUT2D eigenvalue weighted by molar-refractivity contribution is 0.110. The molecule has 21 heavy (non-hydrogen) atoms. The highest BCUT2D eigenvalue weighted by Gasteiger charge is 2.28. The third-order valence-electron chi connectivity index (χ3n) is 4.17. The number of rotatable bonds is 2. The SMILES string of the molecule is Cc1cc(F)c2nc3c(c(NC4CC4)c2c1F)COCC3. The first-order valence-corrected chi connectivity index (χ1v) is 7.29. The standard InChI is InChI=1S/C16H16F2N2O/c1-8-6-11(17)16-13(14(8)18)15(19-9-2-3-9)10-7-21-5-4-12(10)20-16/h6,9H,2-5,7H2,1H3,(H,19,20). The van der Waals surface area contributed by atoms with E-state index in [1.165, 1.54) is 6.07 Å². The first kappa shape index (κ1) is 13.0. The van der Waals surface area contributed by atoms with Gasteiger partial charge in [-0.25, -0.2) is 13.8 Å². The molecule has 0 spiro atoms. The second-order valence-electron chi connectivity index (χ2n) is 5.85. The number of aromatic nitrogens is 1. The third-order valence-corrected chi connectivity index (χ3v) is 4.17. The van der Waals surface area contributed by atoms with Gasteiger partial charge in [0.1, 0.15) is 17.2 Å². The maximum atomic E-state index is 14.6. The van der Waals surface area contributed by atoms with Gasteiger partial charge in [0, 0.05) is 18.0 Å². The van der Waals surface area contributed by atoms with E-state index in [0.717, 1.165) is 24.1 Å². The summed E-state index contributed by atoms with van der Waals surface area (Å²) < 4.78 is 34.3. The fraction of sp³-hybridized carbons (Fsp3) is 0.438. The summed E-state index contributed by atoms with van der Waals surface area (Å²) in [6, 6.07) is 1.57. The molecule has 0 bridgehead atoms. The number of hydrogen-bond acceptors (Lipinski definition) is 3. The molecule has 5 heteroatoms. The fourth-order valence-electron chi connectivity index (χ4n) is 2.87. The Hall–Kier alpha value is -1.75. The molecule has 2 aromatic rings. The van der Waals surface area contributed by atoms with Gasteiger partial charge in [-0.05, 0) is 31.4 Å². The monoisotopic (exact) mass is 290 g/mol. The zero-order valence-electron chi connectivity index (χ0n) is 11.8. The zero-order valence-corrected chi connectivity index (χ0v) is 11.8. The Morgan fingerprint density at radius 1 is 1.33 bits per heavy atom. The van der Waals surface area contributed by atoms with Crippen molar-refractivity contribution in [2.75, 3.05) is 11.9 Å². The third kappa shape index (κ3) is 2.07. The van der Waals surface area contributed by atoms with E-state index in [1.807, 2.05) is 0 Å².